The summed E-state index contributed by atoms with van der Waals surface area (Å²) in [7, 11) is 1.55. The summed E-state index contributed by atoms with van der Waals surface area (Å²) in [5.74, 6) is 1.12. The Morgan fingerprint density at radius 3 is 2.65 bits per heavy atom. The highest BCUT2D eigenvalue weighted by atomic mass is 16.5. The number of likely N-dealkylation sites (tertiary alicyclic amines) is 1. The molecule has 0 bridgehead atoms. The number of carbonyl (C=O) groups is 1. The average Bonchev–Trinajstić information content (AvgIpc) is 2.87. The van der Waals surface area contributed by atoms with Gasteiger partial charge in [0.1, 0.15) is 6.07 Å². The number of ether oxygens (including phenoxy) is 2. The van der Waals surface area contributed by atoms with Crippen LogP contribution in [-0.4, -0.2) is 37.6 Å². The van der Waals surface area contributed by atoms with Crippen molar-refractivity contribution in [1.29, 1.82) is 5.26 Å². The zero-order chi connectivity index (χ0) is 16.5. The Kier molecular flexibility index (Phi) is 6.49. The fraction of sp³-hybridized carbons (Fsp3) is 0.444. The van der Waals surface area contributed by atoms with Crippen LogP contribution < -0.4 is 9.47 Å². The highest BCUT2D eigenvalue weighted by molar-refractivity contribution is 5.91. The lowest BCUT2D eigenvalue weighted by Gasteiger charge is -2.18. The smallest absolute Gasteiger partial charge is 0.246 e. The summed E-state index contributed by atoms with van der Waals surface area (Å²) >= 11 is 0. The zero-order valence-corrected chi connectivity index (χ0v) is 13.5. The molecule has 122 valence electrons. The van der Waals surface area contributed by atoms with E-state index in [0.29, 0.717) is 11.5 Å². The summed E-state index contributed by atoms with van der Waals surface area (Å²) in [5.41, 5.74) is 0.856. The van der Waals surface area contributed by atoms with E-state index in [4.69, 9.17) is 14.7 Å². The minimum atomic E-state index is -0.0288. The normalized spacial score (nSPS) is 15.0. The number of nitrogens with zero attached hydrogens (tertiary/aromatic N) is 2. The topological polar surface area (TPSA) is 62.6 Å². The molecule has 0 aliphatic carbocycles. The highest BCUT2D eigenvalue weighted by Gasteiger charge is 2.12. The van der Waals surface area contributed by atoms with Crippen molar-refractivity contribution in [3.8, 4) is 17.6 Å². The first-order valence-electron chi connectivity index (χ1n) is 7.89. The van der Waals surface area contributed by atoms with Crippen LogP contribution in [0, 0.1) is 11.3 Å². The molecule has 2 rings (SSSR count). The molecule has 0 N–H and O–H groups in total. The number of hydrogen-bond acceptors (Lipinski definition) is 4. The second-order valence-corrected chi connectivity index (χ2v) is 5.43. The monoisotopic (exact) mass is 314 g/mol. The van der Waals surface area contributed by atoms with Gasteiger partial charge in [-0.25, -0.2) is 0 Å². The Bertz CT molecular complexity index is 597. The van der Waals surface area contributed by atoms with Gasteiger partial charge >= 0.3 is 0 Å². The van der Waals surface area contributed by atoms with Gasteiger partial charge in [-0.2, -0.15) is 5.26 Å². The van der Waals surface area contributed by atoms with Crippen molar-refractivity contribution in [2.24, 2.45) is 0 Å². The molecule has 0 saturated carbocycles. The molecule has 1 aromatic rings. The summed E-state index contributed by atoms with van der Waals surface area (Å²) in [6.07, 6.45) is 7.96. The van der Waals surface area contributed by atoms with E-state index in [9.17, 15) is 4.79 Å². The van der Waals surface area contributed by atoms with Gasteiger partial charge in [-0.3, -0.25) is 4.79 Å². The number of carbonyl (C=O) groups excluding carboxylic acids is 1. The Morgan fingerprint density at radius 2 is 2.00 bits per heavy atom. The van der Waals surface area contributed by atoms with Crippen LogP contribution in [0.4, 0.5) is 0 Å². The largest absolute Gasteiger partial charge is 0.493 e. The van der Waals surface area contributed by atoms with E-state index in [1.165, 1.54) is 12.8 Å². The fourth-order valence-corrected chi connectivity index (χ4v) is 2.58. The third-order valence-electron chi connectivity index (χ3n) is 3.82. The number of rotatable bonds is 5. The quantitative estimate of drug-likeness (QED) is 0.784. The highest BCUT2D eigenvalue weighted by Crippen LogP contribution is 2.28. The van der Waals surface area contributed by atoms with Crippen LogP contribution in [0.2, 0.25) is 0 Å². The van der Waals surface area contributed by atoms with Crippen LogP contribution >= 0.6 is 0 Å². The van der Waals surface area contributed by atoms with Gasteiger partial charge < -0.3 is 14.4 Å². The van der Waals surface area contributed by atoms with Gasteiger partial charge in [-0.15, -0.1) is 0 Å². The number of amides is 1. The van der Waals surface area contributed by atoms with E-state index in [1.54, 1.807) is 31.4 Å². The number of methoxy groups -OCH3 is 1. The molecule has 5 heteroatoms. The molecule has 23 heavy (non-hydrogen) atoms. The van der Waals surface area contributed by atoms with E-state index in [2.05, 4.69) is 0 Å². The van der Waals surface area contributed by atoms with Crippen LogP contribution in [0.15, 0.2) is 24.3 Å². The average molecular weight is 314 g/mol. The molecule has 1 aliphatic rings. The number of benzene rings is 1. The SMILES string of the molecule is COc1cc(C=CC(=O)N2CCCCCC2)ccc1OCC#N. The van der Waals surface area contributed by atoms with Crippen LogP contribution in [0.3, 0.4) is 0 Å². The zero-order valence-electron chi connectivity index (χ0n) is 13.5. The second kappa shape index (κ2) is 8.84. The van der Waals surface area contributed by atoms with E-state index in [1.807, 2.05) is 17.0 Å². The predicted molar refractivity (Wildman–Crippen MR) is 88.2 cm³/mol. The van der Waals surface area contributed by atoms with Crippen molar-refractivity contribution < 1.29 is 14.3 Å². The number of hydrogen-bond donors (Lipinski definition) is 0. The second-order valence-electron chi connectivity index (χ2n) is 5.43. The van der Waals surface area contributed by atoms with E-state index >= 15 is 0 Å². The first-order valence-corrected chi connectivity index (χ1v) is 7.89. The Balaban J connectivity index is 2.03. The molecule has 1 amide bonds. The minimum absolute atomic E-state index is 0.0288. The Hall–Kier alpha value is -2.48. The van der Waals surface area contributed by atoms with Crippen LogP contribution in [0.5, 0.6) is 11.5 Å². The molecule has 0 spiro atoms. The van der Waals surface area contributed by atoms with Crippen molar-refractivity contribution >= 4 is 12.0 Å². The van der Waals surface area contributed by atoms with E-state index < -0.39 is 0 Å². The van der Waals surface area contributed by atoms with Crippen molar-refractivity contribution in [2.75, 3.05) is 26.8 Å². The molecule has 0 aromatic heterocycles. The summed E-state index contributed by atoms with van der Waals surface area (Å²) in [6, 6.07) is 7.29. The van der Waals surface area contributed by atoms with Crippen molar-refractivity contribution in [1.82, 2.24) is 4.90 Å². The van der Waals surface area contributed by atoms with Crippen molar-refractivity contribution in [3.63, 3.8) is 0 Å². The Morgan fingerprint density at radius 1 is 1.26 bits per heavy atom. The maximum Gasteiger partial charge on any atom is 0.246 e. The Labute approximate surface area is 137 Å². The summed E-state index contributed by atoms with van der Waals surface area (Å²) < 4.78 is 10.5. The van der Waals surface area contributed by atoms with Gasteiger partial charge in [0.2, 0.25) is 5.91 Å². The van der Waals surface area contributed by atoms with Gasteiger partial charge in [0.25, 0.3) is 0 Å². The maximum absolute atomic E-state index is 12.2. The summed E-state index contributed by atoms with van der Waals surface area (Å²) in [5, 5.41) is 8.57. The summed E-state index contributed by atoms with van der Waals surface area (Å²) in [6.45, 7) is 1.65. The van der Waals surface area contributed by atoms with Crippen LogP contribution in [-0.2, 0) is 4.79 Å². The van der Waals surface area contributed by atoms with Crippen LogP contribution in [0.1, 0.15) is 31.2 Å². The van der Waals surface area contributed by atoms with E-state index in [0.717, 1.165) is 31.5 Å². The first-order chi connectivity index (χ1) is 11.2. The van der Waals surface area contributed by atoms with E-state index in [-0.39, 0.29) is 12.5 Å². The third kappa shape index (κ3) is 5.03. The molecule has 1 heterocycles. The molecule has 1 saturated heterocycles. The molecule has 0 atom stereocenters. The lowest BCUT2D eigenvalue weighted by atomic mass is 10.2. The lowest BCUT2D eigenvalue weighted by Crippen LogP contribution is -2.30. The maximum atomic E-state index is 12.2. The third-order valence-corrected chi connectivity index (χ3v) is 3.82. The van der Waals surface area contributed by atoms with Crippen molar-refractivity contribution in [3.05, 3.63) is 29.8 Å². The molecule has 1 fully saturated rings. The van der Waals surface area contributed by atoms with Gasteiger partial charge in [0.05, 0.1) is 7.11 Å². The van der Waals surface area contributed by atoms with Crippen molar-refractivity contribution in [2.45, 2.75) is 25.7 Å². The first kappa shape index (κ1) is 16.9. The van der Waals surface area contributed by atoms with Gasteiger partial charge in [0.15, 0.2) is 18.1 Å². The molecular weight excluding hydrogens is 292 g/mol. The minimum Gasteiger partial charge on any atom is -0.493 e. The van der Waals surface area contributed by atoms with Gasteiger partial charge in [0, 0.05) is 19.2 Å². The van der Waals surface area contributed by atoms with Gasteiger partial charge in [-0.05, 0) is 36.6 Å². The standard InChI is InChI=1S/C18H22N2O3/c1-22-17-14-15(6-8-16(17)23-13-10-19)7-9-18(21)20-11-4-2-3-5-12-20/h6-9,14H,2-5,11-13H2,1H3. The van der Waals surface area contributed by atoms with Gasteiger partial charge in [-0.1, -0.05) is 18.9 Å². The fourth-order valence-electron chi connectivity index (χ4n) is 2.58. The molecule has 1 aliphatic heterocycles. The summed E-state index contributed by atoms with van der Waals surface area (Å²) in [4.78, 5) is 14.1. The molecule has 0 radical (unpaired) electrons. The molecule has 5 nitrogen and oxygen atoms in total. The predicted octanol–water partition coefficient (Wildman–Crippen LogP) is 3.01. The molecule has 0 unspecified atom stereocenters. The van der Waals surface area contributed by atoms with Crippen LogP contribution in [0.25, 0.3) is 6.08 Å². The molecule has 1 aromatic carbocycles. The lowest BCUT2D eigenvalue weighted by molar-refractivity contribution is -0.125. The number of nitriles is 1. The molecular formula is C18H22N2O3.